The molecule has 0 bridgehead atoms. The number of carbonyl (C=O) groups excluding carboxylic acids is 1. The summed E-state index contributed by atoms with van der Waals surface area (Å²) < 4.78 is 46.3. The van der Waals surface area contributed by atoms with Crippen LogP contribution < -0.4 is 5.32 Å². The summed E-state index contributed by atoms with van der Waals surface area (Å²) in [7, 11) is -3.68. The molecule has 2 aliphatic heterocycles. The normalized spacial score (nSPS) is 20.1. The highest BCUT2D eigenvalue weighted by Crippen LogP contribution is 2.37. The zero-order valence-electron chi connectivity index (χ0n) is 15.6. The van der Waals surface area contributed by atoms with E-state index in [9.17, 15) is 17.6 Å². The van der Waals surface area contributed by atoms with E-state index in [-0.39, 0.29) is 28.2 Å². The molecule has 0 spiro atoms. The number of fused-ring (bicyclic) bond motifs is 1. The monoisotopic (exact) mass is 436 g/mol. The number of thioether (sulfide) groups is 1. The van der Waals surface area contributed by atoms with Crippen LogP contribution >= 0.6 is 11.8 Å². The van der Waals surface area contributed by atoms with E-state index in [0.717, 1.165) is 5.56 Å². The molecule has 29 heavy (non-hydrogen) atoms. The van der Waals surface area contributed by atoms with Crippen LogP contribution in [0.15, 0.2) is 52.3 Å². The van der Waals surface area contributed by atoms with Gasteiger partial charge in [-0.2, -0.15) is 4.31 Å². The van der Waals surface area contributed by atoms with Crippen molar-refractivity contribution in [2.45, 2.75) is 22.3 Å². The third kappa shape index (κ3) is 4.18. The first-order valence-corrected chi connectivity index (χ1v) is 11.8. The lowest BCUT2D eigenvalue weighted by Gasteiger charge is -2.27. The number of halogens is 1. The summed E-state index contributed by atoms with van der Waals surface area (Å²) in [6.45, 7) is 1.30. The van der Waals surface area contributed by atoms with E-state index in [1.165, 1.54) is 34.3 Å². The lowest BCUT2D eigenvalue weighted by atomic mass is 10.0. The number of benzene rings is 2. The SMILES string of the molecule is O=C(N[C@H]1CCSc2c(F)cccc21)c1cccc(S(=O)(=O)N2CCOCC2)c1. The molecule has 1 fully saturated rings. The van der Waals surface area contributed by atoms with Crippen molar-refractivity contribution in [3.63, 3.8) is 0 Å². The Morgan fingerprint density at radius 2 is 1.93 bits per heavy atom. The Kier molecular flexibility index (Phi) is 5.91. The first-order valence-electron chi connectivity index (χ1n) is 9.37. The van der Waals surface area contributed by atoms with Gasteiger partial charge < -0.3 is 10.1 Å². The second kappa shape index (κ2) is 8.43. The molecule has 154 valence electrons. The number of hydrogen-bond donors (Lipinski definition) is 1. The van der Waals surface area contributed by atoms with Gasteiger partial charge >= 0.3 is 0 Å². The van der Waals surface area contributed by atoms with Gasteiger partial charge in [-0.3, -0.25) is 4.79 Å². The summed E-state index contributed by atoms with van der Waals surface area (Å²) in [5.41, 5.74) is 1.02. The maximum absolute atomic E-state index is 14.1. The molecule has 1 saturated heterocycles. The molecule has 9 heteroatoms. The summed E-state index contributed by atoms with van der Waals surface area (Å²) in [4.78, 5) is 13.5. The van der Waals surface area contributed by atoms with Crippen LogP contribution in [0.4, 0.5) is 4.39 Å². The van der Waals surface area contributed by atoms with Crippen LogP contribution in [0.3, 0.4) is 0 Å². The number of ether oxygens (including phenoxy) is 1. The van der Waals surface area contributed by atoms with Gasteiger partial charge in [0.25, 0.3) is 5.91 Å². The fourth-order valence-corrected chi connectivity index (χ4v) is 6.11. The summed E-state index contributed by atoms with van der Waals surface area (Å²) in [5, 5.41) is 2.93. The molecular weight excluding hydrogens is 415 g/mol. The fourth-order valence-electron chi connectivity index (χ4n) is 3.51. The highest BCUT2D eigenvalue weighted by molar-refractivity contribution is 7.99. The Labute approximate surface area is 173 Å². The van der Waals surface area contributed by atoms with Crippen molar-refractivity contribution in [3.8, 4) is 0 Å². The van der Waals surface area contributed by atoms with Gasteiger partial charge in [0, 0.05) is 29.3 Å². The van der Waals surface area contributed by atoms with E-state index in [1.807, 2.05) is 6.07 Å². The number of hydrogen-bond acceptors (Lipinski definition) is 5. The second-order valence-electron chi connectivity index (χ2n) is 6.87. The molecule has 0 saturated carbocycles. The number of nitrogens with zero attached hydrogens (tertiary/aromatic N) is 1. The average molecular weight is 437 g/mol. The van der Waals surface area contributed by atoms with Crippen molar-refractivity contribution in [1.29, 1.82) is 0 Å². The van der Waals surface area contributed by atoms with E-state index in [0.29, 0.717) is 43.4 Å². The zero-order valence-corrected chi connectivity index (χ0v) is 17.3. The molecular formula is C20H21FN2O4S2. The topological polar surface area (TPSA) is 75.7 Å². The summed E-state index contributed by atoms with van der Waals surface area (Å²) >= 11 is 1.44. The van der Waals surface area contributed by atoms with Crippen LogP contribution in [0.25, 0.3) is 0 Å². The van der Waals surface area contributed by atoms with E-state index in [2.05, 4.69) is 5.32 Å². The Morgan fingerprint density at radius 1 is 1.17 bits per heavy atom. The standard InChI is InChI=1S/C20H21FN2O4S2/c21-17-6-2-5-16-18(7-12-28-19(16)17)22-20(24)14-3-1-4-15(13-14)29(25,26)23-8-10-27-11-9-23/h1-6,13,18H,7-12H2,(H,22,24)/t18-/m0/s1. The second-order valence-corrected chi connectivity index (χ2v) is 9.91. The van der Waals surface area contributed by atoms with Crippen LogP contribution in [0.2, 0.25) is 0 Å². The number of rotatable bonds is 4. The summed E-state index contributed by atoms with van der Waals surface area (Å²) in [6, 6.07) is 10.6. The fraction of sp³-hybridized carbons (Fsp3) is 0.350. The van der Waals surface area contributed by atoms with E-state index >= 15 is 0 Å². The Bertz CT molecular complexity index is 1020. The number of carbonyl (C=O) groups is 1. The molecule has 6 nitrogen and oxygen atoms in total. The highest BCUT2D eigenvalue weighted by Gasteiger charge is 2.28. The molecule has 0 aromatic heterocycles. The van der Waals surface area contributed by atoms with E-state index in [4.69, 9.17) is 4.74 Å². The number of nitrogens with one attached hydrogen (secondary N) is 1. The lowest BCUT2D eigenvalue weighted by molar-refractivity contribution is 0.0730. The molecule has 2 aromatic carbocycles. The van der Waals surface area contributed by atoms with Crippen molar-refractivity contribution >= 4 is 27.7 Å². The number of morpholine rings is 1. The lowest BCUT2D eigenvalue weighted by Crippen LogP contribution is -2.40. The summed E-state index contributed by atoms with van der Waals surface area (Å²) in [5.74, 6) is 0.0332. The van der Waals surface area contributed by atoms with Crippen LogP contribution in [0.1, 0.15) is 28.4 Å². The molecule has 2 heterocycles. The molecule has 1 N–H and O–H groups in total. The average Bonchev–Trinajstić information content (AvgIpc) is 2.75. The van der Waals surface area contributed by atoms with Crippen molar-refractivity contribution < 1.29 is 22.3 Å². The van der Waals surface area contributed by atoms with E-state index < -0.39 is 10.0 Å². The maximum atomic E-state index is 14.1. The summed E-state index contributed by atoms with van der Waals surface area (Å²) in [6.07, 6.45) is 0.679. The van der Waals surface area contributed by atoms with Crippen molar-refractivity contribution in [2.75, 3.05) is 32.1 Å². The van der Waals surface area contributed by atoms with Crippen molar-refractivity contribution in [2.24, 2.45) is 0 Å². The predicted molar refractivity (Wildman–Crippen MR) is 108 cm³/mol. The number of sulfonamides is 1. The maximum Gasteiger partial charge on any atom is 0.251 e. The minimum atomic E-state index is -3.68. The molecule has 1 amide bonds. The minimum absolute atomic E-state index is 0.0812. The minimum Gasteiger partial charge on any atom is -0.379 e. The molecule has 2 aliphatic rings. The van der Waals surface area contributed by atoms with E-state index in [1.54, 1.807) is 18.2 Å². The Hall–Kier alpha value is -1.94. The van der Waals surface area contributed by atoms with Gasteiger partial charge in [0.1, 0.15) is 5.82 Å². The predicted octanol–water partition coefficient (Wildman–Crippen LogP) is 2.81. The van der Waals surface area contributed by atoms with Crippen LogP contribution in [-0.2, 0) is 14.8 Å². The smallest absolute Gasteiger partial charge is 0.251 e. The Morgan fingerprint density at radius 3 is 2.72 bits per heavy atom. The highest BCUT2D eigenvalue weighted by atomic mass is 32.2. The van der Waals surface area contributed by atoms with Gasteiger partial charge in [-0.05, 0) is 36.2 Å². The molecule has 0 radical (unpaired) electrons. The third-order valence-electron chi connectivity index (χ3n) is 5.04. The molecule has 4 rings (SSSR count). The molecule has 0 unspecified atom stereocenters. The van der Waals surface area contributed by atoms with Crippen LogP contribution in [0.5, 0.6) is 0 Å². The molecule has 0 aliphatic carbocycles. The van der Waals surface area contributed by atoms with Crippen molar-refractivity contribution in [1.82, 2.24) is 9.62 Å². The van der Waals surface area contributed by atoms with Gasteiger partial charge in [-0.1, -0.05) is 18.2 Å². The molecule has 1 atom stereocenters. The Balaban J connectivity index is 1.55. The van der Waals surface area contributed by atoms with Gasteiger partial charge in [-0.15, -0.1) is 11.8 Å². The first-order chi connectivity index (χ1) is 14.0. The van der Waals surface area contributed by atoms with Gasteiger partial charge in [0.05, 0.1) is 24.2 Å². The number of amides is 1. The molecule has 2 aromatic rings. The van der Waals surface area contributed by atoms with Crippen molar-refractivity contribution in [3.05, 3.63) is 59.4 Å². The third-order valence-corrected chi connectivity index (χ3v) is 8.09. The van der Waals surface area contributed by atoms with Gasteiger partial charge in [-0.25, -0.2) is 12.8 Å². The zero-order chi connectivity index (χ0) is 20.4. The van der Waals surface area contributed by atoms with Crippen LogP contribution in [-0.4, -0.2) is 50.7 Å². The van der Waals surface area contributed by atoms with Gasteiger partial charge in [0.15, 0.2) is 0 Å². The first kappa shape index (κ1) is 20.3. The van der Waals surface area contributed by atoms with Crippen LogP contribution in [0, 0.1) is 5.82 Å². The largest absolute Gasteiger partial charge is 0.379 e. The van der Waals surface area contributed by atoms with Gasteiger partial charge in [0.2, 0.25) is 10.0 Å². The quantitative estimate of drug-likeness (QED) is 0.798.